The second-order valence-electron chi connectivity index (χ2n) is 5.96. The molecule has 0 saturated carbocycles. The van der Waals surface area contributed by atoms with Gasteiger partial charge in [-0.3, -0.25) is 9.78 Å². The van der Waals surface area contributed by atoms with Crippen LogP contribution in [0.3, 0.4) is 0 Å². The molecule has 1 aliphatic heterocycles. The van der Waals surface area contributed by atoms with Crippen molar-refractivity contribution in [2.45, 2.75) is 45.2 Å². The Morgan fingerprint density at radius 3 is 3.08 bits per heavy atom. The van der Waals surface area contributed by atoms with Crippen molar-refractivity contribution in [3.05, 3.63) is 36.3 Å². The summed E-state index contributed by atoms with van der Waals surface area (Å²) in [6, 6.07) is 0.0340. The maximum Gasteiger partial charge on any atom is 0.224 e. The number of hydrogen-bond acceptors (Lipinski definition) is 5. The highest BCUT2D eigenvalue weighted by molar-refractivity contribution is 5.77. The van der Waals surface area contributed by atoms with Crippen LogP contribution >= 0.6 is 0 Å². The maximum absolute atomic E-state index is 12.7. The Balaban J connectivity index is 1.67. The Morgan fingerprint density at radius 2 is 2.29 bits per heavy atom. The second kappa shape index (κ2) is 7.42. The summed E-state index contributed by atoms with van der Waals surface area (Å²) in [6.45, 7) is 3.54. The first-order valence-electron chi connectivity index (χ1n) is 8.52. The molecule has 128 valence electrons. The van der Waals surface area contributed by atoms with Crippen LogP contribution in [0.5, 0.6) is 0 Å². The van der Waals surface area contributed by atoms with Crippen LogP contribution in [0, 0.1) is 0 Å². The molecule has 1 fully saturated rings. The van der Waals surface area contributed by atoms with E-state index in [0.717, 1.165) is 43.1 Å². The number of likely N-dealkylation sites (tertiary alicyclic amines) is 1. The van der Waals surface area contributed by atoms with Crippen molar-refractivity contribution in [1.29, 1.82) is 0 Å². The highest BCUT2D eigenvalue weighted by Gasteiger charge is 2.31. The molecule has 0 radical (unpaired) electrons. The zero-order valence-electron chi connectivity index (χ0n) is 14.3. The molecule has 24 heavy (non-hydrogen) atoms. The summed E-state index contributed by atoms with van der Waals surface area (Å²) < 4.78 is 2.06. The van der Waals surface area contributed by atoms with Gasteiger partial charge in [-0.2, -0.15) is 0 Å². The Hall–Kier alpha value is -2.44. The summed E-state index contributed by atoms with van der Waals surface area (Å²) in [6.07, 6.45) is 10.5. The summed E-state index contributed by atoms with van der Waals surface area (Å²) in [7, 11) is 1.82. The molecule has 0 spiro atoms. The molecule has 3 rings (SSSR count). The number of rotatable bonds is 6. The SMILES string of the molecule is CCc1nccn1CCC(=O)N1CCCC1c1cncc(NC)n1. The quantitative estimate of drug-likeness (QED) is 0.878. The molecule has 1 saturated heterocycles. The van der Waals surface area contributed by atoms with Crippen molar-refractivity contribution < 1.29 is 4.79 Å². The van der Waals surface area contributed by atoms with Crippen molar-refractivity contribution in [3.63, 3.8) is 0 Å². The molecule has 0 aromatic carbocycles. The predicted molar refractivity (Wildman–Crippen MR) is 91.5 cm³/mol. The monoisotopic (exact) mass is 328 g/mol. The first-order chi connectivity index (χ1) is 11.7. The molecule has 1 unspecified atom stereocenters. The van der Waals surface area contributed by atoms with Gasteiger partial charge >= 0.3 is 0 Å². The molecule has 2 aromatic rings. The van der Waals surface area contributed by atoms with E-state index in [1.165, 1.54) is 0 Å². The fourth-order valence-corrected chi connectivity index (χ4v) is 3.25. The van der Waals surface area contributed by atoms with E-state index in [0.29, 0.717) is 13.0 Å². The molecule has 2 aromatic heterocycles. The van der Waals surface area contributed by atoms with Crippen LogP contribution < -0.4 is 5.32 Å². The number of nitrogens with one attached hydrogen (secondary N) is 1. The van der Waals surface area contributed by atoms with Crippen molar-refractivity contribution in [1.82, 2.24) is 24.4 Å². The van der Waals surface area contributed by atoms with Crippen LogP contribution in [0.2, 0.25) is 0 Å². The van der Waals surface area contributed by atoms with E-state index in [9.17, 15) is 4.79 Å². The van der Waals surface area contributed by atoms with Gasteiger partial charge in [-0.1, -0.05) is 6.92 Å². The molecule has 1 aliphatic rings. The van der Waals surface area contributed by atoms with E-state index in [4.69, 9.17) is 0 Å². The molecular formula is C17H24N6O. The number of nitrogens with zero attached hydrogens (tertiary/aromatic N) is 5. The first kappa shape index (κ1) is 16.4. The zero-order chi connectivity index (χ0) is 16.9. The van der Waals surface area contributed by atoms with E-state index in [1.54, 1.807) is 18.6 Å². The van der Waals surface area contributed by atoms with Crippen molar-refractivity contribution >= 4 is 11.7 Å². The minimum Gasteiger partial charge on any atom is -0.372 e. The Morgan fingerprint density at radius 1 is 1.42 bits per heavy atom. The fraction of sp³-hybridized carbons (Fsp3) is 0.529. The standard InChI is InChI=1S/C17H24N6O/c1-3-16-20-7-10-22(16)9-6-17(24)23-8-4-5-14(23)13-11-19-12-15(18-2)21-13/h7,10-12,14H,3-6,8-9H2,1-2H3,(H,18,21). The Labute approximate surface area is 142 Å². The summed E-state index contributed by atoms with van der Waals surface area (Å²) in [5.74, 6) is 1.93. The molecule has 0 bridgehead atoms. The average Bonchev–Trinajstić information content (AvgIpc) is 3.28. The number of imidazole rings is 1. The predicted octanol–water partition coefficient (Wildman–Crippen LogP) is 2.03. The number of carbonyl (C=O) groups excluding carboxylic acids is 1. The van der Waals surface area contributed by atoms with E-state index >= 15 is 0 Å². The van der Waals surface area contributed by atoms with Crippen LogP contribution in [-0.4, -0.2) is 43.9 Å². The normalized spacial score (nSPS) is 17.2. The van der Waals surface area contributed by atoms with Gasteiger partial charge in [0.1, 0.15) is 11.6 Å². The van der Waals surface area contributed by atoms with E-state index in [2.05, 4.69) is 31.8 Å². The van der Waals surface area contributed by atoms with Gasteiger partial charge in [0.2, 0.25) is 5.91 Å². The lowest BCUT2D eigenvalue weighted by Gasteiger charge is -2.24. The van der Waals surface area contributed by atoms with E-state index < -0.39 is 0 Å². The largest absolute Gasteiger partial charge is 0.372 e. The third-order valence-corrected chi connectivity index (χ3v) is 4.51. The third-order valence-electron chi connectivity index (χ3n) is 4.51. The van der Waals surface area contributed by atoms with Crippen molar-refractivity contribution in [2.75, 3.05) is 18.9 Å². The lowest BCUT2D eigenvalue weighted by atomic mass is 10.1. The van der Waals surface area contributed by atoms with Crippen LogP contribution in [0.15, 0.2) is 24.8 Å². The van der Waals surface area contributed by atoms with Gasteiger partial charge in [0, 0.05) is 45.4 Å². The van der Waals surface area contributed by atoms with Crippen molar-refractivity contribution in [3.8, 4) is 0 Å². The number of aryl methyl sites for hydroxylation is 2. The van der Waals surface area contributed by atoms with Gasteiger partial charge < -0.3 is 14.8 Å². The van der Waals surface area contributed by atoms with Gasteiger partial charge in [0.25, 0.3) is 0 Å². The number of amides is 1. The summed E-state index contributed by atoms with van der Waals surface area (Å²) in [4.78, 5) is 27.8. The molecule has 7 nitrogen and oxygen atoms in total. The highest BCUT2D eigenvalue weighted by Crippen LogP contribution is 2.31. The van der Waals surface area contributed by atoms with Gasteiger partial charge in [-0.15, -0.1) is 0 Å². The molecule has 1 N–H and O–H groups in total. The molecule has 1 amide bonds. The van der Waals surface area contributed by atoms with Crippen molar-refractivity contribution in [2.24, 2.45) is 0 Å². The van der Waals surface area contributed by atoms with Gasteiger partial charge in [-0.25, -0.2) is 9.97 Å². The van der Waals surface area contributed by atoms with Gasteiger partial charge in [-0.05, 0) is 12.8 Å². The van der Waals surface area contributed by atoms with Gasteiger partial charge in [0.05, 0.1) is 24.1 Å². The number of hydrogen-bond donors (Lipinski definition) is 1. The minimum atomic E-state index is 0.0340. The van der Waals surface area contributed by atoms with Crippen LogP contribution in [0.1, 0.15) is 43.7 Å². The summed E-state index contributed by atoms with van der Waals surface area (Å²) >= 11 is 0. The number of anilines is 1. The molecule has 3 heterocycles. The Bertz CT molecular complexity index is 698. The van der Waals surface area contributed by atoms with Crippen LogP contribution in [0.4, 0.5) is 5.82 Å². The topological polar surface area (TPSA) is 75.9 Å². The van der Waals surface area contributed by atoms with Crippen LogP contribution in [0.25, 0.3) is 0 Å². The fourth-order valence-electron chi connectivity index (χ4n) is 3.25. The lowest BCUT2D eigenvalue weighted by Crippen LogP contribution is -2.31. The molecule has 7 heteroatoms. The molecular weight excluding hydrogens is 304 g/mol. The zero-order valence-corrected chi connectivity index (χ0v) is 14.3. The van der Waals surface area contributed by atoms with Gasteiger partial charge in [0.15, 0.2) is 0 Å². The number of carbonyl (C=O) groups is 1. The van der Waals surface area contributed by atoms with E-state index in [-0.39, 0.29) is 11.9 Å². The smallest absolute Gasteiger partial charge is 0.224 e. The molecule has 0 aliphatic carbocycles. The van der Waals surface area contributed by atoms with E-state index in [1.807, 2.05) is 18.1 Å². The first-order valence-corrected chi connectivity index (χ1v) is 8.52. The van der Waals surface area contributed by atoms with Crippen LogP contribution in [-0.2, 0) is 17.8 Å². The average molecular weight is 328 g/mol. The highest BCUT2D eigenvalue weighted by atomic mass is 16.2. The summed E-state index contributed by atoms with van der Waals surface area (Å²) in [5.41, 5.74) is 0.865. The lowest BCUT2D eigenvalue weighted by molar-refractivity contribution is -0.132. The Kier molecular flexibility index (Phi) is 5.08. The minimum absolute atomic E-state index is 0.0340. The number of aromatic nitrogens is 4. The second-order valence-corrected chi connectivity index (χ2v) is 5.96. The summed E-state index contributed by atoms with van der Waals surface area (Å²) in [5, 5.41) is 3.00. The molecule has 1 atom stereocenters. The third kappa shape index (κ3) is 3.39. The maximum atomic E-state index is 12.7.